The lowest BCUT2D eigenvalue weighted by Gasteiger charge is -2.10. The number of aliphatic hydroxyl groups excluding tert-OH is 1. The Hall–Kier alpha value is -3.46. The maximum absolute atomic E-state index is 9.49. The molecule has 0 saturated carbocycles. The van der Waals surface area contributed by atoms with Crippen molar-refractivity contribution >= 4 is 22.4 Å². The summed E-state index contributed by atoms with van der Waals surface area (Å²) in [5.74, 6) is 0.646. The minimum Gasteiger partial charge on any atom is -0.390 e. The SMILES string of the molecule is NCCc1cccc(-c2cc(-c3ccsn3)c3cnn(-c4cccc(CO)n4)c3c2)n1. The number of hydrogen-bond donors (Lipinski definition) is 2. The summed E-state index contributed by atoms with van der Waals surface area (Å²) in [6.07, 6.45) is 2.56. The molecule has 0 atom stereocenters. The number of aliphatic hydroxyl groups is 1. The van der Waals surface area contributed by atoms with Crippen molar-refractivity contribution in [1.29, 1.82) is 0 Å². The first-order valence-corrected chi connectivity index (χ1v) is 10.8. The van der Waals surface area contributed by atoms with Gasteiger partial charge in [-0.05, 0) is 60.5 Å². The molecule has 8 heteroatoms. The fraction of sp³-hybridized carbons (Fsp3) is 0.130. The van der Waals surface area contributed by atoms with E-state index in [0.29, 0.717) is 18.1 Å². The number of rotatable bonds is 6. The van der Waals surface area contributed by atoms with E-state index in [4.69, 9.17) is 10.7 Å². The summed E-state index contributed by atoms with van der Waals surface area (Å²) in [4.78, 5) is 9.32. The standard InChI is InChI=1S/C23H20N6OS/c24-9-7-16-3-1-5-20(26-16)15-11-18(21-8-10-31-28-21)19-13-25-29(22(19)12-15)23-6-2-4-17(14-30)27-23/h1-6,8,10-13,30H,7,9,14,24H2. The predicted molar refractivity (Wildman–Crippen MR) is 122 cm³/mol. The predicted octanol–water partition coefficient (Wildman–Crippen LogP) is 3.60. The number of benzene rings is 1. The van der Waals surface area contributed by atoms with Crippen LogP contribution in [-0.4, -0.2) is 35.8 Å². The van der Waals surface area contributed by atoms with E-state index in [1.807, 2.05) is 48.0 Å². The Kier molecular flexibility index (Phi) is 5.25. The van der Waals surface area contributed by atoms with Gasteiger partial charge in [0.15, 0.2) is 5.82 Å². The summed E-state index contributed by atoms with van der Waals surface area (Å²) in [5, 5.41) is 17.0. The Balaban J connectivity index is 1.74. The molecular weight excluding hydrogens is 408 g/mol. The third-order valence-corrected chi connectivity index (χ3v) is 5.64. The quantitative estimate of drug-likeness (QED) is 0.428. The van der Waals surface area contributed by atoms with Crippen molar-refractivity contribution in [3.63, 3.8) is 0 Å². The summed E-state index contributed by atoms with van der Waals surface area (Å²) in [7, 11) is 0. The van der Waals surface area contributed by atoms with Crippen molar-refractivity contribution in [1.82, 2.24) is 24.1 Å². The minimum atomic E-state index is -0.125. The van der Waals surface area contributed by atoms with Crippen LogP contribution in [0.4, 0.5) is 0 Å². The molecule has 0 fully saturated rings. The Morgan fingerprint density at radius 1 is 0.968 bits per heavy atom. The van der Waals surface area contributed by atoms with Crippen molar-refractivity contribution in [2.45, 2.75) is 13.0 Å². The van der Waals surface area contributed by atoms with Crippen LogP contribution in [0.25, 0.3) is 39.2 Å². The second-order valence-electron chi connectivity index (χ2n) is 7.10. The minimum absolute atomic E-state index is 0.125. The first-order valence-electron chi connectivity index (χ1n) is 9.93. The topological polar surface area (TPSA) is 103 Å². The molecule has 31 heavy (non-hydrogen) atoms. The molecule has 0 radical (unpaired) electrons. The molecule has 1 aromatic carbocycles. The van der Waals surface area contributed by atoms with Gasteiger partial charge in [0, 0.05) is 34.0 Å². The largest absolute Gasteiger partial charge is 0.390 e. The van der Waals surface area contributed by atoms with Crippen LogP contribution in [0.3, 0.4) is 0 Å². The second kappa shape index (κ2) is 8.35. The molecule has 4 heterocycles. The Morgan fingerprint density at radius 2 is 1.84 bits per heavy atom. The van der Waals surface area contributed by atoms with Gasteiger partial charge in [-0.25, -0.2) is 9.67 Å². The average Bonchev–Trinajstić information content (AvgIpc) is 3.49. The lowest BCUT2D eigenvalue weighted by molar-refractivity contribution is 0.276. The van der Waals surface area contributed by atoms with Crippen LogP contribution in [0.2, 0.25) is 0 Å². The number of pyridine rings is 2. The molecule has 3 N–H and O–H groups in total. The van der Waals surface area contributed by atoms with Crippen LogP contribution < -0.4 is 5.73 Å². The monoisotopic (exact) mass is 428 g/mol. The third kappa shape index (κ3) is 3.72. The van der Waals surface area contributed by atoms with E-state index in [1.54, 1.807) is 10.7 Å². The zero-order valence-corrected chi connectivity index (χ0v) is 17.5. The highest BCUT2D eigenvalue weighted by atomic mass is 32.1. The zero-order valence-electron chi connectivity index (χ0n) is 16.6. The van der Waals surface area contributed by atoms with Crippen LogP contribution in [0.15, 0.2) is 66.2 Å². The summed E-state index contributed by atoms with van der Waals surface area (Å²) in [5.41, 5.74) is 11.9. The van der Waals surface area contributed by atoms with Crippen molar-refractivity contribution < 1.29 is 5.11 Å². The van der Waals surface area contributed by atoms with Gasteiger partial charge < -0.3 is 10.8 Å². The maximum Gasteiger partial charge on any atom is 0.154 e. The lowest BCUT2D eigenvalue weighted by Crippen LogP contribution is -2.04. The van der Waals surface area contributed by atoms with E-state index in [1.165, 1.54) is 11.5 Å². The van der Waals surface area contributed by atoms with Crippen molar-refractivity contribution in [3.8, 4) is 28.3 Å². The molecule has 154 valence electrons. The number of aromatic nitrogens is 5. The molecule has 7 nitrogen and oxygen atoms in total. The summed E-state index contributed by atoms with van der Waals surface area (Å²) < 4.78 is 6.34. The molecule has 4 aromatic heterocycles. The number of nitrogens with two attached hydrogens (primary N) is 1. The molecule has 0 unspecified atom stereocenters. The van der Waals surface area contributed by atoms with Gasteiger partial charge in [-0.15, -0.1) is 0 Å². The smallest absolute Gasteiger partial charge is 0.154 e. The fourth-order valence-corrected chi connectivity index (χ4v) is 4.14. The second-order valence-corrected chi connectivity index (χ2v) is 7.76. The highest BCUT2D eigenvalue weighted by molar-refractivity contribution is 7.03. The molecular formula is C23H20N6OS. The maximum atomic E-state index is 9.49. The molecule has 0 amide bonds. The van der Waals surface area contributed by atoms with Crippen LogP contribution in [-0.2, 0) is 13.0 Å². The molecule has 0 aliphatic rings. The highest BCUT2D eigenvalue weighted by Gasteiger charge is 2.16. The van der Waals surface area contributed by atoms with Gasteiger partial charge in [-0.3, -0.25) is 4.98 Å². The van der Waals surface area contributed by atoms with Crippen molar-refractivity contribution in [2.75, 3.05) is 6.54 Å². The van der Waals surface area contributed by atoms with Gasteiger partial charge in [0.2, 0.25) is 0 Å². The fourth-order valence-electron chi connectivity index (χ4n) is 3.62. The number of nitrogens with zero attached hydrogens (tertiary/aromatic N) is 5. The Morgan fingerprint density at radius 3 is 2.65 bits per heavy atom. The van der Waals surface area contributed by atoms with Gasteiger partial charge in [-0.1, -0.05) is 12.1 Å². The van der Waals surface area contributed by atoms with E-state index in [9.17, 15) is 5.11 Å². The van der Waals surface area contributed by atoms with E-state index >= 15 is 0 Å². The molecule has 5 aromatic rings. The van der Waals surface area contributed by atoms with Crippen LogP contribution in [0, 0.1) is 0 Å². The summed E-state index contributed by atoms with van der Waals surface area (Å²) >= 11 is 1.41. The van der Waals surface area contributed by atoms with Crippen LogP contribution in [0.1, 0.15) is 11.4 Å². The molecule has 0 aliphatic heterocycles. The number of hydrogen-bond acceptors (Lipinski definition) is 7. The van der Waals surface area contributed by atoms with Crippen molar-refractivity contribution in [2.24, 2.45) is 5.73 Å². The molecule has 0 spiro atoms. The first kappa shape index (κ1) is 19.5. The molecule has 0 aliphatic carbocycles. The van der Waals surface area contributed by atoms with Gasteiger partial charge in [0.05, 0.1) is 35.4 Å². The van der Waals surface area contributed by atoms with E-state index < -0.39 is 0 Å². The summed E-state index contributed by atoms with van der Waals surface area (Å²) in [6, 6.07) is 17.7. The molecule has 0 bridgehead atoms. The van der Waals surface area contributed by atoms with E-state index in [-0.39, 0.29) is 6.61 Å². The van der Waals surface area contributed by atoms with Crippen LogP contribution in [0.5, 0.6) is 0 Å². The Labute approximate surface area is 183 Å². The van der Waals surface area contributed by atoms with Gasteiger partial charge in [0.1, 0.15) is 0 Å². The third-order valence-electron chi connectivity index (χ3n) is 5.08. The van der Waals surface area contributed by atoms with Gasteiger partial charge >= 0.3 is 0 Å². The number of fused-ring (bicyclic) bond motifs is 1. The van der Waals surface area contributed by atoms with E-state index in [2.05, 4.69) is 26.6 Å². The van der Waals surface area contributed by atoms with Crippen molar-refractivity contribution in [3.05, 3.63) is 77.6 Å². The first-order chi connectivity index (χ1) is 15.3. The molecule has 0 saturated heterocycles. The van der Waals surface area contributed by atoms with Gasteiger partial charge in [0.25, 0.3) is 0 Å². The van der Waals surface area contributed by atoms with Gasteiger partial charge in [-0.2, -0.15) is 9.47 Å². The Bertz CT molecular complexity index is 1350. The lowest BCUT2D eigenvalue weighted by atomic mass is 10.0. The molecule has 5 rings (SSSR count). The normalized spacial score (nSPS) is 11.3. The van der Waals surface area contributed by atoms with Crippen LogP contribution >= 0.6 is 11.5 Å². The summed E-state index contributed by atoms with van der Waals surface area (Å²) in [6.45, 7) is 0.430. The van der Waals surface area contributed by atoms with E-state index in [0.717, 1.165) is 45.5 Å². The average molecular weight is 429 g/mol. The highest BCUT2D eigenvalue weighted by Crippen LogP contribution is 2.34. The zero-order chi connectivity index (χ0) is 21.2.